The Bertz CT molecular complexity index is 1330. The fourth-order valence-corrected chi connectivity index (χ4v) is 3.76. The summed E-state index contributed by atoms with van der Waals surface area (Å²) in [5.74, 6) is 0.732. The number of anilines is 1. The molecule has 3 heterocycles. The van der Waals surface area contributed by atoms with Gasteiger partial charge in [0.25, 0.3) is 5.91 Å². The van der Waals surface area contributed by atoms with E-state index < -0.39 is 5.91 Å². The number of nitrogen functional groups attached to an aromatic ring is 1. The van der Waals surface area contributed by atoms with E-state index in [9.17, 15) is 4.79 Å². The summed E-state index contributed by atoms with van der Waals surface area (Å²) in [4.78, 5) is 12.9. The molecule has 34 heavy (non-hydrogen) atoms. The van der Waals surface area contributed by atoms with Crippen molar-refractivity contribution in [3.63, 3.8) is 0 Å². The Kier molecular flexibility index (Phi) is 6.67. The number of carbonyl (C=O) groups excluding carboxylic acids is 1. The zero-order chi connectivity index (χ0) is 24.1. The number of hydrogen-bond acceptors (Lipinski definition) is 13. The molecule has 0 bridgehead atoms. The second-order valence-electron chi connectivity index (χ2n) is 6.56. The molecule has 16 heteroatoms. The fraction of sp³-hybridized carbons (Fsp3) is 0.222. The standard InChI is InChI=1S/C18H19N11O4S/c1-28-9-21-24-18(28)34-8-11-13(22-27-29(11)16-15(19)25-33-26-16)17(30)23-20-7-10-5-4-6-12(31-2)14(10)32-3/h4-7,9H,8H2,1-3H3,(H2,19,25)(H,23,30). The minimum Gasteiger partial charge on any atom is -0.493 e. The van der Waals surface area contributed by atoms with Crippen molar-refractivity contribution >= 4 is 29.7 Å². The molecule has 4 aromatic rings. The van der Waals surface area contributed by atoms with Crippen LogP contribution in [0.2, 0.25) is 0 Å². The van der Waals surface area contributed by atoms with E-state index in [1.54, 1.807) is 36.1 Å². The zero-order valence-electron chi connectivity index (χ0n) is 18.2. The van der Waals surface area contributed by atoms with Gasteiger partial charge < -0.3 is 19.8 Å². The Labute approximate surface area is 196 Å². The van der Waals surface area contributed by atoms with Gasteiger partial charge in [0.2, 0.25) is 11.6 Å². The first-order chi connectivity index (χ1) is 16.5. The van der Waals surface area contributed by atoms with Crippen molar-refractivity contribution in [3.05, 3.63) is 41.5 Å². The summed E-state index contributed by atoms with van der Waals surface area (Å²) < 4.78 is 18.3. The minimum absolute atomic E-state index is 0.00632. The van der Waals surface area contributed by atoms with Crippen LogP contribution < -0.4 is 20.6 Å². The van der Waals surface area contributed by atoms with Gasteiger partial charge in [-0.25, -0.2) is 10.1 Å². The number of hydrogen-bond donors (Lipinski definition) is 2. The van der Waals surface area contributed by atoms with Crippen molar-refractivity contribution in [2.45, 2.75) is 10.9 Å². The largest absolute Gasteiger partial charge is 0.493 e. The first kappa shape index (κ1) is 22.7. The number of hydrazone groups is 1. The average Bonchev–Trinajstić information content (AvgIpc) is 3.56. The smallest absolute Gasteiger partial charge is 0.293 e. The van der Waals surface area contributed by atoms with E-state index >= 15 is 0 Å². The average molecular weight is 485 g/mol. The molecule has 0 saturated carbocycles. The highest BCUT2D eigenvalue weighted by Gasteiger charge is 2.24. The van der Waals surface area contributed by atoms with Gasteiger partial charge in [-0.2, -0.15) is 9.78 Å². The summed E-state index contributed by atoms with van der Waals surface area (Å²) in [6.07, 6.45) is 2.99. The Morgan fingerprint density at radius 1 is 1.29 bits per heavy atom. The molecule has 0 aliphatic rings. The van der Waals surface area contributed by atoms with Gasteiger partial charge in [0.05, 0.1) is 26.1 Å². The summed E-state index contributed by atoms with van der Waals surface area (Å²) in [7, 11) is 4.84. The van der Waals surface area contributed by atoms with Crippen LogP contribution in [0.25, 0.3) is 5.82 Å². The van der Waals surface area contributed by atoms with E-state index in [1.165, 1.54) is 36.9 Å². The van der Waals surface area contributed by atoms with Crippen molar-refractivity contribution in [1.29, 1.82) is 0 Å². The second-order valence-corrected chi connectivity index (χ2v) is 7.51. The van der Waals surface area contributed by atoms with E-state index in [0.717, 1.165) is 0 Å². The van der Waals surface area contributed by atoms with Gasteiger partial charge in [0, 0.05) is 18.4 Å². The van der Waals surface area contributed by atoms with Crippen molar-refractivity contribution in [1.82, 2.24) is 45.5 Å². The molecule has 1 aromatic carbocycles. The van der Waals surface area contributed by atoms with Gasteiger partial charge >= 0.3 is 0 Å². The Balaban J connectivity index is 1.59. The molecule has 0 fully saturated rings. The van der Waals surface area contributed by atoms with Crippen LogP contribution in [-0.2, 0) is 12.8 Å². The van der Waals surface area contributed by atoms with E-state index in [-0.39, 0.29) is 23.1 Å². The van der Waals surface area contributed by atoms with Crippen LogP contribution in [-0.4, -0.2) is 66.4 Å². The van der Waals surface area contributed by atoms with Crippen LogP contribution in [0.1, 0.15) is 21.7 Å². The lowest BCUT2D eigenvalue weighted by molar-refractivity contribution is 0.0949. The predicted molar refractivity (Wildman–Crippen MR) is 119 cm³/mol. The van der Waals surface area contributed by atoms with Crippen molar-refractivity contribution in [2.75, 3.05) is 20.0 Å². The van der Waals surface area contributed by atoms with Crippen LogP contribution in [0.5, 0.6) is 11.5 Å². The van der Waals surface area contributed by atoms with Crippen LogP contribution >= 0.6 is 11.8 Å². The lowest BCUT2D eigenvalue weighted by Crippen LogP contribution is -2.20. The highest BCUT2D eigenvalue weighted by Crippen LogP contribution is 2.29. The van der Waals surface area contributed by atoms with Crippen molar-refractivity contribution in [3.8, 4) is 17.3 Å². The van der Waals surface area contributed by atoms with Gasteiger partial charge in [-0.3, -0.25) is 4.79 Å². The van der Waals surface area contributed by atoms with Gasteiger partial charge in [-0.15, -0.1) is 15.3 Å². The molecule has 0 aliphatic heterocycles. The molecule has 0 spiro atoms. The lowest BCUT2D eigenvalue weighted by atomic mass is 10.2. The normalized spacial score (nSPS) is 11.1. The highest BCUT2D eigenvalue weighted by atomic mass is 32.2. The number of amides is 1. The minimum atomic E-state index is -0.604. The molecule has 1 amide bonds. The Morgan fingerprint density at radius 2 is 2.15 bits per heavy atom. The number of methoxy groups -OCH3 is 2. The van der Waals surface area contributed by atoms with Gasteiger partial charge in [0.15, 0.2) is 22.3 Å². The quantitative estimate of drug-likeness (QED) is 0.189. The number of ether oxygens (including phenoxy) is 2. The molecular weight excluding hydrogens is 466 g/mol. The van der Waals surface area contributed by atoms with Crippen molar-refractivity contribution in [2.24, 2.45) is 12.1 Å². The topological polar surface area (TPSA) is 186 Å². The van der Waals surface area contributed by atoms with Crippen LogP contribution in [0, 0.1) is 0 Å². The third-order valence-electron chi connectivity index (χ3n) is 4.49. The first-order valence-corrected chi connectivity index (χ1v) is 10.6. The number of aryl methyl sites for hydroxylation is 1. The maximum absolute atomic E-state index is 12.9. The molecule has 3 N–H and O–H groups in total. The highest BCUT2D eigenvalue weighted by molar-refractivity contribution is 7.98. The number of carbonyl (C=O) groups is 1. The molecule has 0 radical (unpaired) electrons. The number of para-hydroxylation sites is 1. The maximum Gasteiger partial charge on any atom is 0.293 e. The molecule has 0 aliphatic carbocycles. The second kappa shape index (κ2) is 9.99. The Hall–Kier alpha value is -4.47. The summed E-state index contributed by atoms with van der Waals surface area (Å²) >= 11 is 1.31. The number of benzene rings is 1. The van der Waals surface area contributed by atoms with Crippen LogP contribution in [0.4, 0.5) is 5.82 Å². The van der Waals surface area contributed by atoms with E-state index in [0.29, 0.717) is 27.9 Å². The van der Waals surface area contributed by atoms with Crippen LogP contribution in [0.3, 0.4) is 0 Å². The van der Waals surface area contributed by atoms with E-state index in [4.69, 9.17) is 15.2 Å². The fourth-order valence-electron chi connectivity index (χ4n) is 2.88. The summed E-state index contributed by atoms with van der Waals surface area (Å²) in [5.41, 5.74) is 9.23. The van der Waals surface area contributed by atoms with Gasteiger partial charge in [-0.05, 0) is 22.4 Å². The monoisotopic (exact) mass is 485 g/mol. The van der Waals surface area contributed by atoms with Gasteiger partial charge in [-0.1, -0.05) is 23.0 Å². The number of rotatable bonds is 9. The van der Waals surface area contributed by atoms with Crippen LogP contribution in [0.15, 0.2) is 39.4 Å². The van der Waals surface area contributed by atoms with Crippen molar-refractivity contribution < 1.29 is 18.9 Å². The summed E-state index contributed by atoms with van der Waals surface area (Å²) in [6.45, 7) is 0. The molecule has 0 atom stereocenters. The molecule has 176 valence electrons. The molecule has 15 nitrogen and oxygen atoms in total. The third kappa shape index (κ3) is 4.51. The third-order valence-corrected chi connectivity index (χ3v) is 5.53. The number of thioether (sulfide) groups is 1. The SMILES string of the molecule is COc1cccc(C=NNC(=O)c2nnn(-c3nonc3N)c2CSc2nncn2C)c1OC. The molecule has 4 rings (SSSR count). The number of aromatic nitrogens is 8. The molecule has 3 aromatic heterocycles. The maximum atomic E-state index is 12.9. The lowest BCUT2D eigenvalue weighted by Gasteiger charge is -2.09. The van der Waals surface area contributed by atoms with E-state index in [1.807, 2.05) is 0 Å². The summed E-state index contributed by atoms with van der Waals surface area (Å²) in [5, 5.41) is 27.8. The molecule has 0 unspecified atom stereocenters. The predicted octanol–water partition coefficient (Wildman–Crippen LogP) is 0.434. The Morgan fingerprint density at radius 3 is 2.82 bits per heavy atom. The first-order valence-electron chi connectivity index (χ1n) is 9.57. The number of nitrogens with zero attached hydrogens (tertiary/aromatic N) is 9. The number of nitrogens with one attached hydrogen (secondary N) is 1. The summed E-state index contributed by atoms with van der Waals surface area (Å²) in [6, 6.07) is 5.28. The van der Waals surface area contributed by atoms with Gasteiger partial charge in [0.1, 0.15) is 6.33 Å². The molecule has 0 saturated heterocycles. The van der Waals surface area contributed by atoms with E-state index in [2.05, 4.69) is 46.0 Å². The molecular formula is C18H19N11O4S. The zero-order valence-corrected chi connectivity index (χ0v) is 19.1. The number of nitrogens with two attached hydrogens (primary N) is 1.